The molecule has 1 aromatic carbocycles. The molecular formula is C21H34N4O3. The standard InChI is InChI=1S/C21H34N4O3/c1-13(2)18(24-21(28)25(14(3)4)15(5)6)20(27)23-17(19(22)26)12-16-10-8-7-9-11-16/h7-11,13-15,17-18H,12H2,1-6H3,(H2,22,26)(H,23,27)(H,24,28)/t17-,18-/m0/s1. The molecule has 0 fully saturated rings. The van der Waals surface area contributed by atoms with Crippen molar-refractivity contribution in [3.8, 4) is 0 Å². The molecule has 0 bridgehead atoms. The van der Waals surface area contributed by atoms with Gasteiger partial charge in [0.05, 0.1) is 0 Å². The summed E-state index contributed by atoms with van der Waals surface area (Å²) in [5, 5.41) is 5.51. The van der Waals surface area contributed by atoms with E-state index in [2.05, 4.69) is 10.6 Å². The Labute approximate surface area is 168 Å². The second-order valence-electron chi connectivity index (χ2n) is 7.92. The van der Waals surface area contributed by atoms with E-state index in [4.69, 9.17) is 5.73 Å². The van der Waals surface area contributed by atoms with Gasteiger partial charge in [0.25, 0.3) is 0 Å². The summed E-state index contributed by atoms with van der Waals surface area (Å²) in [5.41, 5.74) is 6.38. The van der Waals surface area contributed by atoms with E-state index >= 15 is 0 Å². The molecule has 156 valence electrons. The van der Waals surface area contributed by atoms with Crippen LogP contribution in [0.2, 0.25) is 0 Å². The lowest BCUT2D eigenvalue weighted by atomic mass is 10.0. The van der Waals surface area contributed by atoms with E-state index in [9.17, 15) is 14.4 Å². The molecule has 0 saturated carbocycles. The topological polar surface area (TPSA) is 105 Å². The van der Waals surface area contributed by atoms with Gasteiger partial charge in [0, 0.05) is 18.5 Å². The van der Waals surface area contributed by atoms with Gasteiger partial charge < -0.3 is 21.3 Å². The number of carbonyl (C=O) groups is 3. The lowest BCUT2D eigenvalue weighted by Crippen LogP contribution is -2.58. The van der Waals surface area contributed by atoms with Gasteiger partial charge in [-0.05, 0) is 39.2 Å². The van der Waals surface area contributed by atoms with Crippen molar-refractivity contribution in [2.75, 3.05) is 0 Å². The van der Waals surface area contributed by atoms with E-state index in [0.29, 0.717) is 6.42 Å². The van der Waals surface area contributed by atoms with E-state index < -0.39 is 23.9 Å². The Kier molecular flexibility index (Phi) is 8.96. The van der Waals surface area contributed by atoms with Gasteiger partial charge in [0.1, 0.15) is 12.1 Å². The largest absolute Gasteiger partial charge is 0.368 e. The molecule has 0 aliphatic carbocycles. The van der Waals surface area contributed by atoms with Gasteiger partial charge in [-0.2, -0.15) is 0 Å². The minimum atomic E-state index is -0.848. The quantitative estimate of drug-likeness (QED) is 0.601. The number of nitrogens with zero attached hydrogens (tertiary/aromatic N) is 1. The van der Waals surface area contributed by atoms with Crippen LogP contribution in [0, 0.1) is 5.92 Å². The number of rotatable bonds is 9. The molecule has 0 aromatic heterocycles. The Bertz CT molecular complexity index is 651. The number of carbonyl (C=O) groups excluding carboxylic acids is 3. The first-order valence-corrected chi connectivity index (χ1v) is 9.77. The highest BCUT2D eigenvalue weighted by atomic mass is 16.2. The van der Waals surface area contributed by atoms with Crippen molar-refractivity contribution >= 4 is 17.8 Å². The van der Waals surface area contributed by atoms with Crippen LogP contribution >= 0.6 is 0 Å². The fourth-order valence-corrected chi connectivity index (χ4v) is 3.14. The van der Waals surface area contributed by atoms with Crippen LogP contribution in [0.5, 0.6) is 0 Å². The molecule has 7 nitrogen and oxygen atoms in total. The van der Waals surface area contributed by atoms with E-state index in [-0.39, 0.29) is 24.0 Å². The van der Waals surface area contributed by atoms with Gasteiger partial charge in [-0.1, -0.05) is 44.2 Å². The average Bonchev–Trinajstić information content (AvgIpc) is 2.58. The van der Waals surface area contributed by atoms with Gasteiger partial charge in [0.2, 0.25) is 11.8 Å². The predicted octanol–water partition coefficient (Wildman–Crippen LogP) is 2.05. The highest BCUT2D eigenvalue weighted by Gasteiger charge is 2.30. The smallest absolute Gasteiger partial charge is 0.318 e. The highest BCUT2D eigenvalue weighted by Crippen LogP contribution is 2.10. The second-order valence-corrected chi connectivity index (χ2v) is 7.92. The normalized spacial score (nSPS) is 13.3. The third kappa shape index (κ3) is 6.87. The van der Waals surface area contributed by atoms with Crippen molar-refractivity contribution in [1.29, 1.82) is 0 Å². The first-order valence-electron chi connectivity index (χ1n) is 9.77. The van der Waals surface area contributed by atoms with Crippen LogP contribution in [0.15, 0.2) is 30.3 Å². The maximum atomic E-state index is 12.8. The number of benzene rings is 1. The molecule has 2 atom stereocenters. The zero-order valence-electron chi connectivity index (χ0n) is 17.7. The fraction of sp³-hybridized carbons (Fsp3) is 0.571. The van der Waals surface area contributed by atoms with Crippen molar-refractivity contribution in [2.24, 2.45) is 11.7 Å². The van der Waals surface area contributed by atoms with Crippen LogP contribution in [0.1, 0.15) is 47.1 Å². The molecule has 0 unspecified atom stereocenters. The minimum absolute atomic E-state index is 0.00711. The van der Waals surface area contributed by atoms with Crippen LogP contribution in [-0.4, -0.2) is 46.9 Å². The molecule has 7 heteroatoms. The van der Waals surface area contributed by atoms with Gasteiger partial charge in [0.15, 0.2) is 0 Å². The summed E-state index contributed by atoms with van der Waals surface area (Å²) in [5.74, 6) is -1.19. The van der Waals surface area contributed by atoms with Crippen molar-refractivity contribution < 1.29 is 14.4 Å². The van der Waals surface area contributed by atoms with Crippen LogP contribution in [-0.2, 0) is 16.0 Å². The summed E-state index contributed by atoms with van der Waals surface area (Å²) in [4.78, 5) is 39.1. The Morgan fingerprint density at radius 3 is 1.89 bits per heavy atom. The number of hydrogen-bond acceptors (Lipinski definition) is 3. The van der Waals surface area contributed by atoms with E-state index in [1.807, 2.05) is 71.9 Å². The summed E-state index contributed by atoms with van der Waals surface area (Å²) < 4.78 is 0. The SMILES string of the molecule is CC(C)[C@H](NC(=O)N(C(C)C)C(C)C)C(=O)N[C@@H](Cc1ccccc1)C(N)=O. The summed E-state index contributed by atoms with van der Waals surface area (Å²) in [6, 6.07) is 7.39. The maximum absolute atomic E-state index is 12.8. The molecule has 4 amide bonds. The van der Waals surface area contributed by atoms with Gasteiger partial charge >= 0.3 is 6.03 Å². The Balaban J connectivity index is 2.90. The van der Waals surface area contributed by atoms with Gasteiger partial charge in [-0.25, -0.2) is 4.79 Å². The van der Waals surface area contributed by atoms with E-state index in [0.717, 1.165) is 5.56 Å². The molecular weight excluding hydrogens is 356 g/mol. The summed E-state index contributed by atoms with van der Waals surface area (Å²) in [6.45, 7) is 11.4. The molecule has 1 rings (SSSR count). The fourth-order valence-electron chi connectivity index (χ4n) is 3.14. The molecule has 0 saturated heterocycles. The Morgan fingerprint density at radius 2 is 1.46 bits per heavy atom. The van der Waals surface area contributed by atoms with E-state index in [1.54, 1.807) is 4.90 Å². The minimum Gasteiger partial charge on any atom is -0.368 e. The van der Waals surface area contributed by atoms with Crippen LogP contribution in [0.3, 0.4) is 0 Å². The second kappa shape index (κ2) is 10.7. The van der Waals surface area contributed by atoms with Crippen LogP contribution in [0.25, 0.3) is 0 Å². The number of hydrogen-bond donors (Lipinski definition) is 3. The van der Waals surface area contributed by atoms with Crippen molar-refractivity contribution in [3.05, 3.63) is 35.9 Å². The zero-order chi connectivity index (χ0) is 21.4. The van der Waals surface area contributed by atoms with Crippen LogP contribution in [0.4, 0.5) is 4.79 Å². The number of nitrogens with two attached hydrogens (primary N) is 1. The van der Waals surface area contributed by atoms with Crippen LogP contribution < -0.4 is 16.4 Å². The third-order valence-electron chi connectivity index (χ3n) is 4.52. The summed E-state index contributed by atoms with van der Waals surface area (Å²) >= 11 is 0. The Hall–Kier alpha value is -2.57. The van der Waals surface area contributed by atoms with E-state index in [1.165, 1.54) is 0 Å². The molecule has 0 radical (unpaired) electrons. The molecule has 28 heavy (non-hydrogen) atoms. The molecule has 0 heterocycles. The summed E-state index contributed by atoms with van der Waals surface area (Å²) in [6.07, 6.45) is 0.296. The number of amides is 4. The van der Waals surface area contributed by atoms with Gasteiger partial charge in [-0.3, -0.25) is 9.59 Å². The molecule has 0 aliphatic rings. The lowest BCUT2D eigenvalue weighted by Gasteiger charge is -2.33. The highest BCUT2D eigenvalue weighted by molar-refractivity contribution is 5.91. The summed E-state index contributed by atoms with van der Waals surface area (Å²) in [7, 11) is 0. The first kappa shape index (κ1) is 23.5. The number of nitrogens with one attached hydrogen (secondary N) is 2. The maximum Gasteiger partial charge on any atom is 0.318 e. The Morgan fingerprint density at radius 1 is 0.929 bits per heavy atom. The van der Waals surface area contributed by atoms with Crippen molar-refractivity contribution in [1.82, 2.24) is 15.5 Å². The van der Waals surface area contributed by atoms with Crippen molar-refractivity contribution in [3.63, 3.8) is 0 Å². The molecule has 0 spiro atoms. The predicted molar refractivity (Wildman–Crippen MR) is 111 cm³/mol. The third-order valence-corrected chi connectivity index (χ3v) is 4.52. The molecule has 4 N–H and O–H groups in total. The number of primary amides is 1. The monoisotopic (exact) mass is 390 g/mol. The van der Waals surface area contributed by atoms with Crippen molar-refractivity contribution in [2.45, 2.75) is 72.1 Å². The van der Waals surface area contributed by atoms with Gasteiger partial charge in [-0.15, -0.1) is 0 Å². The average molecular weight is 391 g/mol. The first-order chi connectivity index (χ1) is 13.0. The molecule has 0 aliphatic heterocycles. The number of urea groups is 1. The molecule has 1 aromatic rings. The lowest BCUT2D eigenvalue weighted by molar-refractivity contribution is -0.129. The zero-order valence-corrected chi connectivity index (χ0v) is 17.7.